The van der Waals surface area contributed by atoms with Crippen molar-refractivity contribution in [3.05, 3.63) is 70.2 Å². The average Bonchev–Trinajstić information content (AvgIpc) is 3.07. The predicted octanol–water partition coefficient (Wildman–Crippen LogP) is 4.50. The Morgan fingerprint density at radius 3 is 2.74 bits per heavy atom. The highest BCUT2D eigenvalue weighted by Crippen LogP contribution is 2.36. The SMILES string of the molecule is COc1ncc(CN2CCOc3c(Cl)cc(-c4ncc5cc(Cl)ccn45)cc3C2)cn1. The third-order valence-electron chi connectivity index (χ3n) is 5.19. The Labute approximate surface area is 189 Å². The van der Waals surface area contributed by atoms with Gasteiger partial charge in [0.25, 0.3) is 0 Å². The molecule has 31 heavy (non-hydrogen) atoms. The van der Waals surface area contributed by atoms with E-state index in [1.165, 1.54) is 0 Å². The number of hydrogen-bond donors (Lipinski definition) is 0. The second-order valence-electron chi connectivity index (χ2n) is 7.31. The van der Waals surface area contributed by atoms with E-state index in [0.717, 1.165) is 40.3 Å². The Kier molecular flexibility index (Phi) is 5.40. The Balaban J connectivity index is 1.46. The van der Waals surface area contributed by atoms with Gasteiger partial charge in [-0.25, -0.2) is 15.0 Å². The van der Waals surface area contributed by atoms with Crippen molar-refractivity contribution in [3.8, 4) is 23.1 Å². The lowest BCUT2D eigenvalue weighted by molar-refractivity contribution is 0.219. The van der Waals surface area contributed by atoms with Crippen LogP contribution < -0.4 is 9.47 Å². The standard InChI is InChI=1S/C22H19Cl2N5O2/c1-30-22-26-9-14(10-27-22)12-28-4-5-31-20-16(13-28)6-15(7-19(20)24)21-25-11-18-8-17(23)2-3-29(18)21/h2-3,6-11H,4-5,12-13H2,1H3. The van der Waals surface area contributed by atoms with Gasteiger partial charge < -0.3 is 9.47 Å². The van der Waals surface area contributed by atoms with E-state index in [4.69, 9.17) is 32.7 Å². The van der Waals surface area contributed by atoms with Crippen molar-refractivity contribution in [2.24, 2.45) is 0 Å². The van der Waals surface area contributed by atoms with Gasteiger partial charge in [-0.05, 0) is 24.3 Å². The average molecular weight is 456 g/mol. The fourth-order valence-corrected chi connectivity index (χ4v) is 4.23. The molecule has 1 aliphatic rings. The molecule has 0 bridgehead atoms. The maximum absolute atomic E-state index is 6.62. The van der Waals surface area contributed by atoms with E-state index >= 15 is 0 Å². The topological polar surface area (TPSA) is 64.8 Å². The quantitative estimate of drug-likeness (QED) is 0.451. The van der Waals surface area contributed by atoms with Gasteiger partial charge in [-0.2, -0.15) is 0 Å². The number of hydrogen-bond acceptors (Lipinski definition) is 6. The summed E-state index contributed by atoms with van der Waals surface area (Å²) in [4.78, 5) is 15.3. The molecule has 158 valence electrons. The number of pyridine rings is 1. The molecule has 5 rings (SSSR count). The first kappa shape index (κ1) is 20.1. The van der Waals surface area contributed by atoms with Gasteiger partial charge in [-0.3, -0.25) is 9.30 Å². The molecule has 7 nitrogen and oxygen atoms in total. The molecule has 0 fully saturated rings. The van der Waals surface area contributed by atoms with Crippen LogP contribution in [0.2, 0.25) is 10.0 Å². The third-order valence-corrected chi connectivity index (χ3v) is 5.71. The van der Waals surface area contributed by atoms with E-state index in [9.17, 15) is 0 Å². The molecular weight excluding hydrogens is 437 g/mol. The largest absolute Gasteiger partial charge is 0.490 e. The van der Waals surface area contributed by atoms with E-state index < -0.39 is 0 Å². The monoisotopic (exact) mass is 455 g/mol. The van der Waals surface area contributed by atoms with Gasteiger partial charge in [-0.15, -0.1) is 0 Å². The number of imidazole rings is 1. The van der Waals surface area contributed by atoms with Crippen LogP contribution in [0, 0.1) is 0 Å². The van der Waals surface area contributed by atoms with Gasteiger partial charge in [0, 0.05) is 59.9 Å². The van der Waals surface area contributed by atoms with Crippen molar-refractivity contribution in [1.82, 2.24) is 24.3 Å². The zero-order valence-electron chi connectivity index (χ0n) is 16.8. The van der Waals surface area contributed by atoms with Gasteiger partial charge >= 0.3 is 6.01 Å². The van der Waals surface area contributed by atoms with Crippen LogP contribution >= 0.6 is 23.2 Å². The van der Waals surface area contributed by atoms with Crippen molar-refractivity contribution in [3.63, 3.8) is 0 Å². The molecule has 3 aromatic heterocycles. The van der Waals surface area contributed by atoms with Crippen molar-refractivity contribution < 1.29 is 9.47 Å². The van der Waals surface area contributed by atoms with E-state index in [-0.39, 0.29) is 0 Å². The highest BCUT2D eigenvalue weighted by Gasteiger charge is 2.21. The smallest absolute Gasteiger partial charge is 0.316 e. The van der Waals surface area contributed by atoms with Gasteiger partial charge in [-0.1, -0.05) is 23.2 Å². The van der Waals surface area contributed by atoms with Crippen molar-refractivity contribution in [2.45, 2.75) is 13.1 Å². The normalized spacial score (nSPS) is 14.2. The lowest BCUT2D eigenvalue weighted by Crippen LogP contribution is -2.25. The first-order chi connectivity index (χ1) is 15.1. The van der Waals surface area contributed by atoms with Crippen LogP contribution in [0.5, 0.6) is 11.8 Å². The van der Waals surface area contributed by atoms with Gasteiger partial charge in [0.2, 0.25) is 0 Å². The van der Waals surface area contributed by atoms with E-state index in [2.05, 4.69) is 25.9 Å². The Morgan fingerprint density at radius 1 is 1.10 bits per heavy atom. The lowest BCUT2D eigenvalue weighted by atomic mass is 10.1. The molecule has 0 saturated heterocycles. The highest BCUT2D eigenvalue weighted by atomic mass is 35.5. The molecule has 0 N–H and O–H groups in total. The van der Waals surface area contributed by atoms with Gasteiger partial charge in [0.05, 0.1) is 23.8 Å². The summed E-state index contributed by atoms with van der Waals surface area (Å²) < 4.78 is 13.0. The summed E-state index contributed by atoms with van der Waals surface area (Å²) in [7, 11) is 1.55. The molecule has 0 spiro atoms. The zero-order chi connectivity index (χ0) is 21.4. The molecule has 0 unspecified atom stereocenters. The fraction of sp³-hybridized carbons (Fsp3) is 0.227. The fourth-order valence-electron chi connectivity index (χ4n) is 3.76. The van der Waals surface area contributed by atoms with E-state index in [1.54, 1.807) is 25.7 Å². The summed E-state index contributed by atoms with van der Waals surface area (Å²) >= 11 is 12.7. The van der Waals surface area contributed by atoms with Crippen molar-refractivity contribution >= 4 is 28.7 Å². The Hall–Kier alpha value is -2.87. The first-order valence-electron chi connectivity index (χ1n) is 9.76. The van der Waals surface area contributed by atoms with Crippen LogP contribution in [-0.2, 0) is 13.1 Å². The van der Waals surface area contributed by atoms with Crippen molar-refractivity contribution in [1.29, 1.82) is 0 Å². The van der Waals surface area contributed by atoms with Crippen LogP contribution in [0.15, 0.2) is 49.1 Å². The number of fused-ring (bicyclic) bond motifs is 2. The molecule has 4 aromatic rings. The molecule has 0 saturated carbocycles. The summed E-state index contributed by atoms with van der Waals surface area (Å²) in [6, 6.07) is 8.07. The number of methoxy groups -OCH3 is 1. The van der Waals surface area contributed by atoms with Crippen LogP contribution in [0.4, 0.5) is 0 Å². The molecule has 0 aliphatic carbocycles. The third kappa shape index (κ3) is 4.04. The maximum atomic E-state index is 6.62. The minimum atomic E-state index is 0.359. The van der Waals surface area contributed by atoms with Gasteiger partial charge in [0.1, 0.15) is 18.2 Å². The summed E-state index contributed by atoms with van der Waals surface area (Å²) in [5.74, 6) is 1.53. The van der Waals surface area contributed by atoms with Crippen LogP contribution in [0.3, 0.4) is 0 Å². The maximum Gasteiger partial charge on any atom is 0.316 e. The zero-order valence-corrected chi connectivity index (χ0v) is 18.3. The molecular formula is C22H19Cl2N5O2. The highest BCUT2D eigenvalue weighted by molar-refractivity contribution is 6.32. The minimum absolute atomic E-state index is 0.359. The van der Waals surface area contributed by atoms with E-state index in [1.807, 2.05) is 28.8 Å². The molecule has 0 atom stereocenters. The summed E-state index contributed by atoms with van der Waals surface area (Å²) in [5.41, 5.74) is 3.86. The van der Waals surface area contributed by atoms with Crippen LogP contribution in [-0.4, -0.2) is 44.5 Å². The minimum Gasteiger partial charge on any atom is -0.490 e. The van der Waals surface area contributed by atoms with Gasteiger partial charge in [0.15, 0.2) is 0 Å². The second-order valence-corrected chi connectivity index (χ2v) is 8.15. The second kappa shape index (κ2) is 8.34. The van der Waals surface area contributed by atoms with Crippen LogP contribution in [0.25, 0.3) is 16.9 Å². The summed E-state index contributed by atoms with van der Waals surface area (Å²) in [5, 5.41) is 1.25. The first-order valence-corrected chi connectivity index (χ1v) is 10.5. The number of rotatable bonds is 4. The lowest BCUT2D eigenvalue weighted by Gasteiger charge is -2.19. The Bertz CT molecular complexity index is 1240. The molecule has 1 aromatic carbocycles. The molecule has 4 heterocycles. The molecule has 1 aliphatic heterocycles. The van der Waals surface area contributed by atoms with Crippen molar-refractivity contribution in [2.75, 3.05) is 20.3 Å². The summed E-state index contributed by atoms with van der Waals surface area (Å²) in [6.07, 6.45) is 7.27. The molecule has 0 amide bonds. The van der Waals surface area contributed by atoms with Crippen LogP contribution in [0.1, 0.15) is 11.1 Å². The Morgan fingerprint density at radius 2 is 1.94 bits per heavy atom. The number of nitrogens with zero attached hydrogens (tertiary/aromatic N) is 5. The number of halogens is 2. The molecule has 0 radical (unpaired) electrons. The molecule has 9 heteroatoms. The number of ether oxygens (including phenoxy) is 2. The number of aromatic nitrogens is 4. The number of benzene rings is 1. The predicted molar refractivity (Wildman–Crippen MR) is 119 cm³/mol. The summed E-state index contributed by atoms with van der Waals surface area (Å²) in [6.45, 7) is 2.69. The van der Waals surface area contributed by atoms with E-state index in [0.29, 0.717) is 35.8 Å².